The molecule has 3 heterocycles. The maximum atomic E-state index is 14.6. The number of benzene rings is 1. The van der Waals surface area contributed by atoms with Crippen molar-refractivity contribution < 1.29 is 27.1 Å². The second-order valence-electron chi connectivity index (χ2n) is 10.2. The number of sulfonamides is 1. The van der Waals surface area contributed by atoms with Crippen molar-refractivity contribution in [2.24, 2.45) is 5.92 Å². The van der Waals surface area contributed by atoms with Crippen LogP contribution in [0.25, 0.3) is 0 Å². The van der Waals surface area contributed by atoms with E-state index in [-0.39, 0.29) is 31.6 Å². The zero-order valence-corrected chi connectivity index (χ0v) is 24.9. The fourth-order valence-corrected chi connectivity index (χ4v) is 7.57. The summed E-state index contributed by atoms with van der Waals surface area (Å²) in [5.41, 5.74) is 0.910. The number of carbonyl (C=O) groups excluding carboxylic acids is 2. The van der Waals surface area contributed by atoms with Gasteiger partial charge in [-0.3, -0.25) is 14.6 Å². The van der Waals surface area contributed by atoms with E-state index in [4.69, 9.17) is 16.3 Å². The molecule has 3 aliphatic rings. The van der Waals surface area contributed by atoms with Gasteiger partial charge in [0.25, 0.3) is 15.9 Å². The maximum absolute atomic E-state index is 14.6. The van der Waals surface area contributed by atoms with Gasteiger partial charge in [0.2, 0.25) is 0 Å². The lowest BCUT2D eigenvalue weighted by Crippen LogP contribution is -2.53. The maximum Gasteiger partial charge on any atom is 0.329 e. The molecule has 0 spiro atoms. The Morgan fingerprint density at radius 1 is 1.22 bits per heavy atom. The number of nitrogens with zero attached hydrogens (tertiary/aromatic N) is 2. The number of halogens is 2. The lowest BCUT2D eigenvalue weighted by atomic mass is 9.94. The summed E-state index contributed by atoms with van der Waals surface area (Å²) in [4.78, 5) is 30.1. The lowest BCUT2D eigenvalue weighted by molar-refractivity contribution is 0.00558. The smallest absolute Gasteiger partial charge is 0.329 e. The molecule has 1 saturated heterocycles. The lowest BCUT2D eigenvalue weighted by Gasteiger charge is -2.41. The molecule has 1 aromatic carbocycles. The number of fused-ring (bicyclic) bond motifs is 1. The van der Waals surface area contributed by atoms with Crippen LogP contribution in [-0.2, 0) is 10.0 Å². The SMILES string of the molecule is CNc1cc2c(cc1F)C(=O)N(C1=CC(C)C(NC(=O)NS(=O)(=O)c3ccc(Cl)s3)C=C1)C(CN1CCCCC1)O2. The van der Waals surface area contributed by atoms with Gasteiger partial charge in [-0.25, -0.2) is 22.3 Å². The van der Waals surface area contributed by atoms with Crippen LogP contribution in [0.1, 0.15) is 36.5 Å². The molecule has 0 radical (unpaired) electrons. The van der Waals surface area contributed by atoms with E-state index >= 15 is 0 Å². The third-order valence-electron chi connectivity index (χ3n) is 7.29. The van der Waals surface area contributed by atoms with E-state index in [2.05, 4.69) is 15.5 Å². The third kappa shape index (κ3) is 6.37. The summed E-state index contributed by atoms with van der Waals surface area (Å²) >= 11 is 6.67. The van der Waals surface area contributed by atoms with Gasteiger partial charge >= 0.3 is 6.03 Å². The Balaban J connectivity index is 1.35. The van der Waals surface area contributed by atoms with Crippen LogP contribution < -0.4 is 20.1 Å². The van der Waals surface area contributed by atoms with Crippen molar-refractivity contribution in [2.45, 2.75) is 42.7 Å². The van der Waals surface area contributed by atoms with Crippen LogP contribution in [0.5, 0.6) is 5.75 Å². The molecule has 5 rings (SSSR count). The standard InChI is InChI=1S/C27H31ClFN5O5S2/c1-16-12-17(6-7-20(16)31-27(36)32-41(37,38)25-9-8-23(28)40-25)34-24(15-33-10-4-3-5-11-33)39-22-14-21(30-2)19(29)13-18(22)26(34)35/h6-9,12-14,16,20,24,30H,3-5,10-11,15H2,1-2H3,(H2,31,32,36). The molecule has 14 heteroatoms. The molecule has 3 N–H and O–H groups in total. The molecule has 220 valence electrons. The zero-order chi connectivity index (χ0) is 29.3. The normalized spacial score (nSPS) is 22.9. The fourth-order valence-electron chi connectivity index (χ4n) is 5.18. The number of hydrogen-bond acceptors (Lipinski definition) is 8. The number of carbonyl (C=O) groups is 2. The van der Waals surface area contributed by atoms with Gasteiger partial charge in [-0.2, -0.15) is 0 Å². The first-order valence-corrected chi connectivity index (χ1v) is 16.0. The van der Waals surface area contributed by atoms with E-state index in [0.29, 0.717) is 18.0 Å². The summed E-state index contributed by atoms with van der Waals surface area (Å²) < 4.78 is 48.2. The van der Waals surface area contributed by atoms with E-state index in [0.717, 1.165) is 43.7 Å². The molecule has 3 atom stereocenters. The minimum absolute atomic E-state index is 0.0750. The van der Waals surface area contributed by atoms with Crippen LogP contribution in [0.2, 0.25) is 4.34 Å². The van der Waals surface area contributed by atoms with Crippen LogP contribution in [-0.4, -0.2) is 69.1 Å². The van der Waals surface area contributed by atoms with Gasteiger partial charge in [-0.15, -0.1) is 11.3 Å². The second kappa shape index (κ2) is 12.0. The molecule has 1 fully saturated rings. The van der Waals surface area contributed by atoms with Gasteiger partial charge in [-0.05, 0) is 50.2 Å². The summed E-state index contributed by atoms with van der Waals surface area (Å²) in [6, 6.07) is 4.01. The molecule has 10 nitrogen and oxygen atoms in total. The highest BCUT2D eigenvalue weighted by molar-refractivity contribution is 7.92. The molecule has 1 aliphatic carbocycles. The van der Waals surface area contributed by atoms with Crippen LogP contribution in [0.3, 0.4) is 0 Å². The Morgan fingerprint density at radius 2 is 1.98 bits per heavy atom. The van der Waals surface area contributed by atoms with Gasteiger partial charge < -0.3 is 15.4 Å². The highest BCUT2D eigenvalue weighted by atomic mass is 35.5. The average Bonchev–Trinajstić information content (AvgIpc) is 3.38. The Hall–Kier alpha value is -3.13. The number of thiophene rings is 1. The number of ether oxygens (including phenoxy) is 1. The van der Waals surface area contributed by atoms with Crippen molar-refractivity contribution in [3.8, 4) is 5.75 Å². The molecule has 0 bridgehead atoms. The van der Waals surface area contributed by atoms with Crippen LogP contribution >= 0.6 is 22.9 Å². The summed E-state index contributed by atoms with van der Waals surface area (Å²) in [6.45, 7) is 4.11. The Bertz CT molecular complexity index is 1510. The first-order chi connectivity index (χ1) is 19.6. The second-order valence-corrected chi connectivity index (χ2v) is 13.8. The van der Waals surface area contributed by atoms with Crippen LogP contribution in [0.4, 0.5) is 14.9 Å². The number of amides is 3. The van der Waals surface area contributed by atoms with Gasteiger partial charge in [0, 0.05) is 24.7 Å². The Kier molecular flexibility index (Phi) is 8.60. The number of likely N-dealkylation sites (tertiary alicyclic amines) is 1. The number of nitrogens with one attached hydrogen (secondary N) is 3. The predicted molar refractivity (Wildman–Crippen MR) is 155 cm³/mol. The van der Waals surface area contributed by atoms with Crippen molar-refractivity contribution >= 4 is 50.6 Å². The van der Waals surface area contributed by atoms with Crippen molar-refractivity contribution in [3.63, 3.8) is 0 Å². The van der Waals surface area contributed by atoms with Crippen molar-refractivity contribution in [1.29, 1.82) is 0 Å². The van der Waals surface area contributed by atoms with Crippen molar-refractivity contribution in [1.82, 2.24) is 19.8 Å². The monoisotopic (exact) mass is 623 g/mol. The fraction of sp³-hybridized carbons (Fsp3) is 0.407. The number of allylic oxidation sites excluding steroid dienone is 1. The first-order valence-electron chi connectivity index (χ1n) is 13.3. The predicted octanol–water partition coefficient (Wildman–Crippen LogP) is 4.38. The van der Waals surface area contributed by atoms with Gasteiger partial charge in [-0.1, -0.05) is 37.1 Å². The van der Waals surface area contributed by atoms with Gasteiger partial charge in [0.05, 0.1) is 28.2 Å². The highest BCUT2D eigenvalue weighted by Crippen LogP contribution is 2.36. The van der Waals surface area contributed by atoms with E-state index in [1.165, 1.54) is 29.2 Å². The van der Waals surface area contributed by atoms with E-state index in [1.54, 1.807) is 19.2 Å². The minimum Gasteiger partial charge on any atom is -0.468 e. The summed E-state index contributed by atoms with van der Waals surface area (Å²) in [5, 5.41) is 5.45. The Labute approximate surface area is 247 Å². The summed E-state index contributed by atoms with van der Waals surface area (Å²) in [6.07, 6.45) is 7.83. The molecular formula is C27H31ClFN5O5S2. The molecule has 3 unspecified atom stereocenters. The van der Waals surface area contributed by atoms with Crippen LogP contribution in [0, 0.1) is 11.7 Å². The zero-order valence-electron chi connectivity index (χ0n) is 22.5. The van der Waals surface area contributed by atoms with E-state index in [9.17, 15) is 22.4 Å². The largest absolute Gasteiger partial charge is 0.468 e. The summed E-state index contributed by atoms with van der Waals surface area (Å²) in [5.74, 6) is -0.943. The number of piperidine rings is 1. The van der Waals surface area contributed by atoms with Gasteiger partial charge in [0.1, 0.15) is 15.8 Å². The number of urea groups is 1. The Morgan fingerprint density at radius 3 is 2.63 bits per heavy atom. The van der Waals surface area contributed by atoms with E-state index < -0.39 is 34.1 Å². The number of rotatable bonds is 7. The number of anilines is 1. The quantitative estimate of drug-likeness (QED) is 0.419. The van der Waals surface area contributed by atoms with Crippen molar-refractivity contribution in [3.05, 3.63) is 63.9 Å². The molecular weight excluding hydrogens is 593 g/mol. The molecule has 2 aliphatic heterocycles. The molecule has 0 saturated carbocycles. The molecule has 1 aromatic heterocycles. The highest BCUT2D eigenvalue weighted by Gasteiger charge is 2.38. The summed E-state index contributed by atoms with van der Waals surface area (Å²) in [7, 11) is -2.48. The average molecular weight is 624 g/mol. The molecule has 2 aromatic rings. The van der Waals surface area contributed by atoms with Gasteiger partial charge in [0.15, 0.2) is 6.23 Å². The topological polar surface area (TPSA) is 120 Å². The van der Waals surface area contributed by atoms with Crippen molar-refractivity contribution in [2.75, 3.05) is 32.0 Å². The molecule has 41 heavy (non-hydrogen) atoms. The van der Waals surface area contributed by atoms with Crippen LogP contribution in [0.15, 0.2) is 52.4 Å². The third-order valence-corrected chi connectivity index (χ3v) is 10.3. The first kappa shape index (κ1) is 29.4. The minimum atomic E-state index is -4.08. The van der Waals surface area contributed by atoms with E-state index in [1.807, 2.05) is 17.7 Å². The molecule has 3 amide bonds. The number of hydrogen-bond donors (Lipinski definition) is 3.